The number of carbonyl (C=O) groups excluding carboxylic acids is 2. The van der Waals surface area contributed by atoms with Gasteiger partial charge in [-0.2, -0.15) is 0 Å². The molecule has 0 aliphatic heterocycles. The molecule has 0 fully saturated rings. The number of amides is 1. The molecule has 74 valence electrons. The van der Waals surface area contributed by atoms with E-state index in [2.05, 4.69) is 5.32 Å². The van der Waals surface area contributed by atoms with Crippen molar-refractivity contribution in [3.63, 3.8) is 0 Å². The molecule has 0 saturated heterocycles. The molecule has 0 aliphatic rings. The summed E-state index contributed by atoms with van der Waals surface area (Å²) in [6.07, 6.45) is 2.05. The van der Waals surface area contributed by atoms with Crippen LogP contribution in [-0.2, 0) is 4.79 Å². The van der Waals surface area contributed by atoms with Gasteiger partial charge in [0, 0.05) is 18.5 Å². The lowest BCUT2D eigenvalue weighted by Crippen LogP contribution is -2.24. The average Bonchev–Trinajstić information content (AvgIpc) is 2.25. The quantitative estimate of drug-likeness (QED) is 0.564. The van der Waals surface area contributed by atoms with Crippen molar-refractivity contribution in [2.75, 3.05) is 6.54 Å². The lowest BCUT2D eigenvalue weighted by molar-refractivity contribution is -0.107. The van der Waals surface area contributed by atoms with Gasteiger partial charge in [0.25, 0.3) is 5.91 Å². The zero-order chi connectivity index (χ0) is 10.2. The van der Waals surface area contributed by atoms with Crippen molar-refractivity contribution in [3.8, 4) is 0 Å². The average molecular weight is 191 g/mol. The van der Waals surface area contributed by atoms with Crippen LogP contribution in [0, 0.1) is 0 Å². The third-order valence-corrected chi connectivity index (χ3v) is 1.82. The van der Waals surface area contributed by atoms with Crippen molar-refractivity contribution in [2.24, 2.45) is 0 Å². The molecule has 0 saturated carbocycles. The summed E-state index contributed by atoms with van der Waals surface area (Å²) in [6.45, 7) is 0.548. The van der Waals surface area contributed by atoms with Gasteiger partial charge < -0.3 is 10.1 Å². The highest BCUT2D eigenvalue weighted by Crippen LogP contribution is 1.97. The van der Waals surface area contributed by atoms with Gasteiger partial charge in [-0.05, 0) is 18.6 Å². The Kier molecular flexibility index (Phi) is 4.41. The van der Waals surface area contributed by atoms with Gasteiger partial charge >= 0.3 is 0 Å². The second kappa shape index (κ2) is 5.91. The molecule has 1 amide bonds. The van der Waals surface area contributed by atoms with E-state index >= 15 is 0 Å². The van der Waals surface area contributed by atoms with Crippen molar-refractivity contribution >= 4 is 12.2 Å². The van der Waals surface area contributed by atoms with Gasteiger partial charge in [0.05, 0.1) is 0 Å². The van der Waals surface area contributed by atoms with E-state index in [1.54, 1.807) is 12.1 Å². The predicted octanol–water partition coefficient (Wildman–Crippen LogP) is 1.40. The Morgan fingerprint density at radius 2 is 2.00 bits per heavy atom. The highest BCUT2D eigenvalue weighted by Gasteiger charge is 2.01. The van der Waals surface area contributed by atoms with Crippen molar-refractivity contribution in [3.05, 3.63) is 35.9 Å². The molecule has 0 unspecified atom stereocenters. The Balaban J connectivity index is 2.32. The first-order valence-electron chi connectivity index (χ1n) is 4.61. The van der Waals surface area contributed by atoms with Crippen LogP contribution < -0.4 is 5.32 Å². The van der Waals surface area contributed by atoms with Crippen LogP contribution in [0.3, 0.4) is 0 Å². The molecule has 0 radical (unpaired) electrons. The van der Waals surface area contributed by atoms with E-state index in [4.69, 9.17) is 0 Å². The van der Waals surface area contributed by atoms with E-state index in [0.29, 0.717) is 24.9 Å². The Labute approximate surface area is 83.1 Å². The summed E-state index contributed by atoms with van der Waals surface area (Å²) in [5.41, 5.74) is 0.651. The van der Waals surface area contributed by atoms with Crippen LogP contribution in [0.1, 0.15) is 23.2 Å². The number of nitrogens with one attached hydrogen (secondary N) is 1. The molecule has 1 aromatic carbocycles. The zero-order valence-electron chi connectivity index (χ0n) is 7.90. The standard InChI is InChI=1S/C11H13NO2/c13-9-5-4-8-12-11(14)10-6-2-1-3-7-10/h1-3,6-7,9H,4-5,8H2,(H,12,14). The van der Waals surface area contributed by atoms with Crippen molar-refractivity contribution in [1.29, 1.82) is 0 Å². The Bertz CT molecular complexity index is 295. The molecule has 0 atom stereocenters. The van der Waals surface area contributed by atoms with E-state index in [1.165, 1.54) is 0 Å². The molecular weight excluding hydrogens is 178 g/mol. The maximum atomic E-state index is 11.4. The van der Waals surface area contributed by atoms with Gasteiger partial charge in [-0.15, -0.1) is 0 Å². The molecule has 14 heavy (non-hydrogen) atoms. The van der Waals surface area contributed by atoms with Crippen LogP contribution in [0.25, 0.3) is 0 Å². The minimum atomic E-state index is -0.0866. The van der Waals surface area contributed by atoms with Gasteiger partial charge in [0.15, 0.2) is 0 Å². The van der Waals surface area contributed by atoms with E-state index in [-0.39, 0.29) is 5.91 Å². The summed E-state index contributed by atoms with van der Waals surface area (Å²) >= 11 is 0. The topological polar surface area (TPSA) is 46.2 Å². The number of carbonyl (C=O) groups is 2. The molecular formula is C11H13NO2. The summed E-state index contributed by atoms with van der Waals surface area (Å²) in [5, 5.41) is 2.74. The van der Waals surface area contributed by atoms with Crippen molar-refractivity contribution in [1.82, 2.24) is 5.32 Å². The first-order valence-corrected chi connectivity index (χ1v) is 4.61. The second-order valence-electron chi connectivity index (χ2n) is 2.93. The number of unbranched alkanes of at least 4 members (excludes halogenated alkanes) is 1. The fraction of sp³-hybridized carbons (Fsp3) is 0.273. The molecule has 1 rings (SSSR count). The van der Waals surface area contributed by atoms with Gasteiger partial charge in [0.1, 0.15) is 6.29 Å². The van der Waals surface area contributed by atoms with Crippen LogP contribution in [-0.4, -0.2) is 18.7 Å². The Morgan fingerprint density at radius 3 is 2.64 bits per heavy atom. The fourth-order valence-corrected chi connectivity index (χ4v) is 1.08. The van der Waals surface area contributed by atoms with Crippen molar-refractivity contribution in [2.45, 2.75) is 12.8 Å². The van der Waals surface area contributed by atoms with Gasteiger partial charge in [-0.3, -0.25) is 4.79 Å². The molecule has 1 N–H and O–H groups in total. The fourth-order valence-electron chi connectivity index (χ4n) is 1.08. The Morgan fingerprint density at radius 1 is 1.29 bits per heavy atom. The number of benzene rings is 1. The third kappa shape index (κ3) is 3.39. The number of hydrogen-bond acceptors (Lipinski definition) is 2. The van der Waals surface area contributed by atoms with E-state index in [1.807, 2.05) is 18.2 Å². The van der Waals surface area contributed by atoms with Crippen LogP contribution in [0.2, 0.25) is 0 Å². The minimum Gasteiger partial charge on any atom is -0.352 e. The lowest BCUT2D eigenvalue weighted by Gasteiger charge is -2.02. The SMILES string of the molecule is O=CCCCNC(=O)c1ccccc1. The van der Waals surface area contributed by atoms with Gasteiger partial charge in [-0.25, -0.2) is 0 Å². The number of aldehydes is 1. The largest absolute Gasteiger partial charge is 0.352 e. The number of hydrogen-bond donors (Lipinski definition) is 1. The summed E-state index contributed by atoms with van der Waals surface area (Å²) in [6, 6.07) is 9.02. The van der Waals surface area contributed by atoms with E-state index in [0.717, 1.165) is 6.29 Å². The normalized spacial score (nSPS) is 9.43. The van der Waals surface area contributed by atoms with E-state index < -0.39 is 0 Å². The first kappa shape index (κ1) is 10.4. The maximum Gasteiger partial charge on any atom is 0.251 e. The molecule has 0 spiro atoms. The van der Waals surface area contributed by atoms with Crippen molar-refractivity contribution < 1.29 is 9.59 Å². The van der Waals surface area contributed by atoms with Crippen LogP contribution in [0.15, 0.2) is 30.3 Å². The zero-order valence-corrected chi connectivity index (χ0v) is 7.90. The van der Waals surface area contributed by atoms with Gasteiger partial charge in [-0.1, -0.05) is 18.2 Å². The van der Waals surface area contributed by atoms with Crippen LogP contribution >= 0.6 is 0 Å². The van der Waals surface area contributed by atoms with E-state index in [9.17, 15) is 9.59 Å². The predicted molar refractivity (Wildman–Crippen MR) is 54.1 cm³/mol. The molecule has 0 bridgehead atoms. The van der Waals surface area contributed by atoms with Gasteiger partial charge in [0.2, 0.25) is 0 Å². The second-order valence-corrected chi connectivity index (χ2v) is 2.93. The molecule has 1 aromatic rings. The highest BCUT2D eigenvalue weighted by atomic mass is 16.1. The monoisotopic (exact) mass is 191 g/mol. The summed E-state index contributed by atoms with van der Waals surface area (Å²) in [5.74, 6) is -0.0866. The number of rotatable bonds is 5. The third-order valence-electron chi connectivity index (χ3n) is 1.82. The Hall–Kier alpha value is -1.64. The first-order chi connectivity index (χ1) is 6.84. The maximum absolute atomic E-state index is 11.4. The lowest BCUT2D eigenvalue weighted by atomic mass is 10.2. The highest BCUT2D eigenvalue weighted by molar-refractivity contribution is 5.94. The van der Waals surface area contributed by atoms with Crippen LogP contribution in [0.4, 0.5) is 0 Å². The molecule has 0 aromatic heterocycles. The minimum absolute atomic E-state index is 0.0866. The molecule has 0 aliphatic carbocycles. The smallest absolute Gasteiger partial charge is 0.251 e. The molecule has 3 heteroatoms. The summed E-state index contributed by atoms with van der Waals surface area (Å²) < 4.78 is 0. The molecule has 0 heterocycles. The van der Waals surface area contributed by atoms with Crippen LogP contribution in [0.5, 0.6) is 0 Å². The molecule has 3 nitrogen and oxygen atoms in total. The summed E-state index contributed by atoms with van der Waals surface area (Å²) in [7, 11) is 0. The summed E-state index contributed by atoms with van der Waals surface area (Å²) in [4.78, 5) is 21.4.